The number of aryl methyl sites for hydroxylation is 1. The van der Waals surface area contributed by atoms with E-state index < -0.39 is 6.18 Å². The predicted molar refractivity (Wildman–Crippen MR) is 200 cm³/mol. The number of pyridine rings is 1. The number of halogens is 3. The summed E-state index contributed by atoms with van der Waals surface area (Å²) in [4.78, 5) is 13.5. The first kappa shape index (κ1) is 42.8. The number of fused-ring (bicyclic) bond motifs is 1. The second kappa shape index (κ2) is 22.4. The fourth-order valence-corrected chi connectivity index (χ4v) is 4.23. The lowest BCUT2D eigenvalue weighted by Crippen LogP contribution is -2.43. The molecule has 1 aliphatic rings. The Morgan fingerprint density at radius 1 is 0.959 bits per heavy atom. The molecule has 0 bridgehead atoms. The van der Waals surface area contributed by atoms with E-state index in [9.17, 15) is 13.2 Å². The highest BCUT2D eigenvalue weighted by molar-refractivity contribution is 5.62. The maximum atomic E-state index is 10.4. The quantitative estimate of drug-likeness (QED) is 0.205. The lowest BCUT2D eigenvalue weighted by Gasteiger charge is -2.32. The minimum absolute atomic E-state index is 0.188. The van der Waals surface area contributed by atoms with Gasteiger partial charge in [0.05, 0.1) is 6.20 Å². The van der Waals surface area contributed by atoms with Crippen molar-refractivity contribution in [1.82, 2.24) is 29.4 Å². The Labute approximate surface area is 292 Å². The third-order valence-electron chi connectivity index (χ3n) is 7.06. The molecule has 3 aromatic heterocycles. The molecule has 7 nitrogen and oxygen atoms in total. The number of nitrogens with one attached hydrogen (secondary N) is 1. The summed E-state index contributed by atoms with van der Waals surface area (Å²) in [7, 11) is 2.20. The molecule has 10 heteroatoms. The number of benzene rings is 1. The van der Waals surface area contributed by atoms with Crippen LogP contribution in [0, 0.1) is 18.8 Å². The largest absolute Gasteiger partial charge is 0.386 e. The Bertz CT molecular complexity index is 1570. The second-order valence-corrected chi connectivity index (χ2v) is 11.4. The molecule has 0 spiro atoms. The normalized spacial score (nSPS) is 13.3. The summed E-state index contributed by atoms with van der Waals surface area (Å²) in [5, 5.41) is 7.96. The highest BCUT2D eigenvalue weighted by atomic mass is 19.4. The Morgan fingerprint density at radius 2 is 1.57 bits per heavy atom. The number of allylic oxidation sites excluding steroid dienone is 1. The van der Waals surface area contributed by atoms with Crippen molar-refractivity contribution < 1.29 is 13.2 Å². The summed E-state index contributed by atoms with van der Waals surface area (Å²) < 4.78 is 32.8. The third-order valence-corrected chi connectivity index (χ3v) is 7.06. The fourth-order valence-electron chi connectivity index (χ4n) is 4.23. The van der Waals surface area contributed by atoms with E-state index in [1.165, 1.54) is 37.3 Å². The molecular weight excluding hydrogens is 623 g/mol. The summed E-state index contributed by atoms with van der Waals surface area (Å²) in [6, 6.07) is 15.1. The summed E-state index contributed by atoms with van der Waals surface area (Å²) >= 11 is 0. The number of alkyl halides is 3. The molecule has 0 saturated carbocycles. The molecule has 0 amide bonds. The molecule has 4 aromatic rings. The van der Waals surface area contributed by atoms with Gasteiger partial charge < -0.3 is 10.2 Å². The maximum Gasteiger partial charge on any atom is 0.386 e. The molecule has 1 N–H and O–H groups in total. The zero-order valence-corrected chi connectivity index (χ0v) is 31.1. The SMILES string of the molecule is C=C(C)c1cncc(C#Cc2cnc3ccc(NC(C)CC)nn23)c1.CC.CC.CC(F)(F)F.Cc1ccc(CN2CCN(C)CC2)cc1. The molecule has 1 aliphatic heterocycles. The molecule has 4 heterocycles. The Hall–Kier alpha value is -4.20. The Morgan fingerprint density at radius 3 is 2.14 bits per heavy atom. The van der Waals surface area contributed by atoms with Crippen LogP contribution >= 0.6 is 0 Å². The van der Waals surface area contributed by atoms with Crippen molar-refractivity contribution in [3.8, 4) is 11.8 Å². The van der Waals surface area contributed by atoms with Gasteiger partial charge in [-0.05, 0) is 75.1 Å². The van der Waals surface area contributed by atoms with E-state index in [0.717, 1.165) is 46.8 Å². The zero-order valence-electron chi connectivity index (χ0n) is 31.1. The van der Waals surface area contributed by atoms with Crippen LogP contribution in [0.25, 0.3) is 11.2 Å². The molecule has 0 radical (unpaired) electrons. The van der Waals surface area contributed by atoms with Crippen molar-refractivity contribution >= 4 is 17.0 Å². The van der Waals surface area contributed by atoms with E-state index in [1.807, 2.05) is 52.8 Å². The van der Waals surface area contributed by atoms with Gasteiger partial charge in [0.25, 0.3) is 0 Å². The lowest BCUT2D eigenvalue weighted by molar-refractivity contribution is -0.110. The van der Waals surface area contributed by atoms with Crippen LogP contribution in [0.15, 0.2) is 67.6 Å². The minimum Gasteiger partial charge on any atom is -0.366 e. The molecule has 1 unspecified atom stereocenters. The molecule has 49 heavy (non-hydrogen) atoms. The number of aromatic nitrogens is 4. The van der Waals surface area contributed by atoms with E-state index in [0.29, 0.717) is 6.04 Å². The zero-order chi connectivity index (χ0) is 37.0. The van der Waals surface area contributed by atoms with Crippen molar-refractivity contribution in [2.45, 2.75) is 87.5 Å². The average Bonchev–Trinajstić information content (AvgIpc) is 3.49. The predicted octanol–water partition coefficient (Wildman–Crippen LogP) is 9.13. The van der Waals surface area contributed by atoms with Crippen molar-refractivity contribution in [3.05, 3.63) is 95.6 Å². The molecule has 5 rings (SSSR count). The van der Waals surface area contributed by atoms with Gasteiger partial charge in [-0.1, -0.05) is 76.9 Å². The van der Waals surface area contributed by atoms with Crippen molar-refractivity contribution in [2.24, 2.45) is 0 Å². The van der Waals surface area contributed by atoms with Gasteiger partial charge in [-0.25, -0.2) is 9.50 Å². The molecule has 0 aliphatic carbocycles. The van der Waals surface area contributed by atoms with Crippen LogP contribution in [0.4, 0.5) is 19.0 Å². The van der Waals surface area contributed by atoms with E-state index in [2.05, 4.69) is 101 Å². The summed E-state index contributed by atoms with van der Waals surface area (Å²) in [6.45, 7) is 26.4. The van der Waals surface area contributed by atoms with Crippen molar-refractivity contribution in [2.75, 3.05) is 38.5 Å². The summed E-state index contributed by atoms with van der Waals surface area (Å²) in [6.07, 6.45) is 2.29. The number of piperazine rings is 1. The molecular formula is C39H56F3N7. The van der Waals surface area contributed by atoms with Gasteiger partial charge in [-0.15, -0.1) is 5.10 Å². The molecule has 1 aromatic carbocycles. The summed E-state index contributed by atoms with van der Waals surface area (Å²) in [5.74, 6) is 7.08. The van der Waals surface area contributed by atoms with Gasteiger partial charge in [0, 0.05) is 63.6 Å². The first-order valence-electron chi connectivity index (χ1n) is 17.1. The van der Waals surface area contributed by atoms with Crippen LogP contribution in [-0.4, -0.2) is 74.8 Å². The molecule has 1 fully saturated rings. The minimum atomic E-state index is -4.00. The maximum absolute atomic E-state index is 10.4. The smallest absolute Gasteiger partial charge is 0.366 e. The average molecular weight is 680 g/mol. The van der Waals surface area contributed by atoms with E-state index in [1.54, 1.807) is 23.1 Å². The van der Waals surface area contributed by atoms with Gasteiger partial charge in [-0.3, -0.25) is 9.88 Å². The highest BCUT2D eigenvalue weighted by Gasteiger charge is 2.16. The van der Waals surface area contributed by atoms with Crippen LogP contribution in [0.3, 0.4) is 0 Å². The number of hydrogen-bond acceptors (Lipinski definition) is 6. The van der Waals surface area contributed by atoms with Crippen LogP contribution < -0.4 is 5.32 Å². The van der Waals surface area contributed by atoms with E-state index in [-0.39, 0.29) is 6.92 Å². The van der Waals surface area contributed by atoms with Gasteiger partial charge >= 0.3 is 6.18 Å². The monoisotopic (exact) mass is 679 g/mol. The molecule has 1 atom stereocenters. The second-order valence-electron chi connectivity index (χ2n) is 11.4. The Kier molecular flexibility index (Phi) is 19.6. The number of hydrogen-bond donors (Lipinski definition) is 1. The van der Waals surface area contributed by atoms with Crippen LogP contribution in [-0.2, 0) is 6.54 Å². The van der Waals surface area contributed by atoms with Gasteiger partial charge in [0.15, 0.2) is 5.65 Å². The number of likely N-dealkylation sites (N-methyl/N-ethyl adjacent to an activating group) is 1. The number of anilines is 1. The lowest BCUT2D eigenvalue weighted by atomic mass is 10.1. The Balaban J connectivity index is 0.000000424. The van der Waals surface area contributed by atoms with E-state index in [4.69, 9.17) is 0 Å². The fraction of sp³-hybridized carbons (Fsp3) is 0.462. The molecule has 1 saturated heterocycles. The van der Waals surface area contributed by atoms with Gasteiger partial charge in [0.2, 0.25) is 0 Å². The number of imidazole rings is 1. The van der Waals surface area contributed by atoms with Gasteiger partial charge in [-0.2, -0.15) is 13.2 Å². The van der Waals surface area contributed by atoms with E-state index >= 15 is 0 Å². The van der Waals surface area contributed by atoms with Crippen LogP contribution in [0.2, 0.25) is 0 Å². The first-order valence-corrected chi connectivity index (χ1v) is 17.1. The molecule has 268 valence electrons. The summed E-state index contributed by atoms with van der Waals surface area (Å²) in [5.41, 5.74) is 7.08. The van der Waals surface area contributed by atoms with Crippen LogP contribution in [0.5, 0.6) is 0 Å². The third kappa shape index (κ3) is 17.2. The standard InChI is InChI=1S/C20H21N5.C13H20N2.C2H3F3.2C2H6/c1-5-15(4)23-19-8-9-20-22-13-18(25(20)24-19)7-6-16-10-17(14(2)3)12-21-11-16;1-12-3-5-13(6-4-12)11-15-9-7-14(2)8-10-15;1-2(3,4)5;2*1-2/h8-13,15H,2,5H2,1,3-4H3,(H,23,24);3-6H,7-11H2,1-2H3;1H3;2*1-2H3. The van der Waals surface area contributed by atoms with Crippen molar-refractivity contribution in [3.63, 3.8) is 0 Å². The van der Waals surface area contributed by atoms with Gasteiger partial charge in [0.1, 0.15) is 11.5 Å². The number of nitrogens with zero attached hydrogens (tertiary/aromatic N) is 6. The van der Waals surface area contributed by atoms with Crippen molar-refractivity contribution in [1.29, 1.82) is 0 Å². The topological polar surface area (TPSA) is 61.6 Å². The first-order chi connectivity index (χ1) is 23.3. The number of rotatable bonds is 6. The highest BCUT2D eigenvalue weighted by Crippen LogP contribution is 2.13. The van der Waals surface area contributed by atoms with Crippen LogP contribution in [0.1, 0.15) is 89.8 Å².